The van der Waals surface area contributed by atoms with E-state index in [4.69, 9.17) is 4.74 Å². The highest BCUT2D eigenvalue weighted by atomic mass is 16.6. The number of nitrogens with zero attached hydrogens (tertiary/aromatic N) is 1. The molecule has 1 N–H and O–H groups in total. The van der Waals surface area contributed by atoms with Crippen LogP contribution in [0.4, 0.5) is 4.79 Å². The van der Waals surface area contributed by atoms with Crippen LogP contribution in [0.1, 0.15) is 26.3 Å². The van der Waals surface area contributed by atoms with Gasteiger partial charge in [0.2, 0.25) is 0 Å². The molecule has 0 aliphatic rings. The Balaban J connectivity index is 2.53. The third kappa shape index (κ3) is 4.31. The molecular weight excluding hydrogens is 206 g/mol. The van der Waals surface area contributed by atoms with Crippen molar-refractivity contribution in [3.05, 3.63) is 35.9 Å². The van der Waals surface area contributed by atoms with Crippen LogP contribution in [0.3, 0.4) is 0 Å². The Labute approximate surface area is 95.4 Å². The molecule has 0 radical (unpaired) electrons. The highest BCUT2D eigenvalue weighted by Gasteiger charge is 2.20. The van der Waals surface area contributed by atoms with Gasteiger partial charge in [-0.2, -0.15) is 5.06 Å². The van der Waals surface area contributed by atoms with E-state index in [1.54, 1.807) is 20.8 Å². The summed E-state index contributed by atoms with van der Waals surface area (Å²) in [7, 11) is 0. The average molecular weight is 223 g/mol. The molecule has 0 aliphatic carbocycles. The van der Waals surface area contributed by atoms with Gasteiger partial charge in [0, 0.05) is 0 Å². The van der Waals surface area contributed by atoms with Gasteiger partial charge < -0.3 is 4.74 Å². The molecule has 0 heterocycles. The summed E-state index contributed by atoms with van der Waals surface area (Å²) >= 11 is 0. The summed E-state index contributed by atoms with van der Waals surface area (Å²) in [6.07, 6.45) is -0.739. The van der Waals surface area contributed by atoms with E-state index >= 15 is 0 Å². The van der Waals surface area contributed by atoms with Crippen LogP contribution < -0.4 is 0 Å². The standard InChI is InChI=1S/C12H17NO3/c1-12(2,3)16-11(14)13(15)9-10-7-5-4-6-8-10/h4-8,15H,9H2,1-3H3. The molecule has 0 aliphatic heterocycles. The van der Waals surface area contributed by atoms with Gasteiger partial charge in [0.05, 0.1) is 6.54 Å². The monoisotopic (exact) mass is 223 g/mol. The van der Waals surface area contributed by atoms with E-state index in [-0.39, 0.29) is 6.54 Å². The SMILES string of the molecule is CC(C)(C)OC(=O)N(O)Cc1ccccc1. The summed E-state index contributed by atoms with van der Waals surface area (Å²) in [5.41, 5.74) is 0.241. The number of carbonyl (C=O) groups is 1. The number of carbonyl (C=O) groups excluding carboxylic acids is 1. The summed E-state index contributed by atoms with van der Waals surface area (Å²) in [6, 6.07) is 9.22. The van der Waals surface area contributed by atoms with Crippen molar-refractivity contribution in [1.29, 1.82) is 0 Å². The van der Waals surface area contributed by atoms with Crippen LogP contribution in [0.2, 0.25) is 0 Å². The molecule has 1 amide bonds. The van der Waals surface area contributed by atoms with Crippen LogP contribution in [0, 0.1) is 0 Å². The molecule has 0 atom stereocenters. The molecule has 1 aromatic rings. The fourth-order valence-corrected chi connectivity index (χ4v) is 1.14. The number of hydroxylamine groups is 2. The van der Waals surface area contributed by atoms with Crippen LogP contribution in [0.25, 0.3) is 0 Å². The summed E-state index contributed by atoms with van der Waals surface area (Å²) in [5, 5.41) is 10.1. The number of hydrogen-bond acceptors (Lipinski definition) is 3. The molecule has 0 saturated heterocycles. The normalized spacial score (nSPS) is 11.0. The lowest BCUT2D eigenvalue weighted by Gasteiger charge is -2.23. The first-order valence-corrected chi connectivity index (χ1v) is 5.12. The minimum absolute atomic E-state index is 0.121. The summed E-state index contributed by atoms with van der Waals surface area (Å²) in [4.78, 5) is 11.4. The van der Waals surface area contributed by atoms with Crippen LogP contribution in [0.15, 0.2) is 30.3 Å². The van der Waals surface area contributed by atoms with E-state index in [0.717, 1.165) is 5.56 Å². The zero-order valence-corrected chi connectivity index (χ0v) is 9.80. The van der Waals surface area contributed by atoms with Crippen molar-refractivity contribution >= 4 is 6.09 Å². The molecule has 16 heavy (non-hydrogen) atoms. The van der Waals surface area contributed by atoms with Crippen molar-refractivity contribution in [3.63, 3.8) is 0 Å². The highest BCUT2D eigenvalue weighted by Crippen LogP contribution is 2.10. The van der Waals surface area contributed by atoms with Crippen molar-refractivity contribution in [2.45, 2.75) is 32.9 Å². The third-order valence-corrected chi connectivity index (χ3v) is 1.78. The summed E-state index contributed by atoms with van der Waals surface area (Å²) in [6.45, 7) is 5.37. The number of benzene rings is 1. The fraction of sp³-hybridized carbons (Fsp3) is 0.417. The van der Waals surface area contributed by atoms with Crippen molar-refractivity contribution in [2.75, 3.05) is 0 Å². The third-order valence-electron chi connectivity index (χ3n) is 1.78. The molecule has 1 aromatic carbocycles. The number of ether oxygens (including phenoxy) is 1. The fourth-order valence-electron chi connectivity index (χ4n) is 1.14. The Bertz CT molecular complexity index is 343. The Kier molecular flexibility index (Phi) is 3.90. The Morgan fingerprint density at radius 3 is 2.38 bits per heavy atom. The van der Waals surface area contributed by atoms with Crippen LogP contribution >= 0.6 is 0 Å². The quantitative estimate of drug-likeness (QED) is 0.619. The second-order valence-corrected chi connectivity index (χ2v) is 4.52. The van der Waals surface area contributed by atoms with Crippen molar-refractivity contribution in [3.8, 4) is 0 Å². The predicted molar refractivity (Wildman–Crippen MR) is 60.0 cm³/mol. The molecule has 0 aromatic heterocycles. The molecule has 1 rings (SSSR count). The van der Waals surface area contributed by atoms with Gasteiger partial charge in [-0.1, -0.05) is 30.3 Å². The minimum atomic E-state index is -0.739. The molecule has 4 nitrogen and oxygen atoms in total. The van der Waals surface area contributed by atoms with Crippen molar-refractivity contribution in [1.82, 2.24) is 5.06 Å². The van der Waals surface area contributed by atoms with E-state index in [9.17, 15) is 10.0 Å². The van der Waals surface area contributed by atoms with Gasteiger partial charge in [-0.15, -0.1) is 0 Å². The van der Waals surface area contributed by atoms with Gasteiger partial charge in [-0.05, 0) is 26.3 Å². The van der Waals surface area contributed by atoms with E-state index in [1.165, 1.54) is 0 Å². The van der Waals surface area contributed by atoms with Crippen molar-refractivity contribution in [2.24, 2.45) is 0 Å². The zero-order valence-electron chi connectivity index (χ0n) is 9.80. The Morgan fingerprint density at radius 1 is 1.31 bits per heavy atom. The molecule has 0 spiro atoms. The van der Waals surface area contributed by atoms with Gasteiger partial charge in [0.1, 0.15) is 5.60 Å². The largest absolute Gasteiger partial charge is 0.442 e. The van der Waals surface area contributed by atoms with Gasteiger partial charge in [0.25, 0.3) is 0 Å². The molecule has 4 heteroatoms. The van der Waals surface area contributed by atoms with E-state index in [2.05, 4.69) is 0 Å². The maximum Gasteiger partial charge on any atom is 0.434 e. The zero-order chi connectivity index (χ0) is 12.2. The lowest BCUT2D eigenvalue weighted by molar-refractivity contribution is -0.0998. The van der Waals surface area contributed by atoms with Gasteiger partial charge in [-0.3, -0.25) is 5.21 Å². The van der Waals surface area contributed by atoms with Crippen LogP contribution in [-0.2, 0) is 11.3 Å². The van der Waals surface area contributed by atoms with E-state index < -0.39 is 11.7 Å². The first-order valence-electron chi connectivity index (χ1n) is 5.12. The predicted octanol–water partition coefficient (Wildman–Crippen LogP) is 2.81. The smallest absolute Gasteiger partial charge is 0.434 e. The molecule has 0 saturated carbocycles. The topological polar surface area (TPSA) is 49.8 Å². The maximum absolute atomic E-state index is 11.4. The molecule has 0 bridgehead atoms. The molecule has 0 fully saturated rings. The highest BCUT2D eigenvalue weighted by molar-refractivity contribution is 5.66. The lowest BCUT2D eigenvalue weighted by Crippen LogP contribution is -2.34. The Morgan fingerprint density at radius 2 is 1.88 bits per heavy atom. The van der Waals surface area contributed by atoms with Gasteiger partial charge in [-0.25, -0.2) is 4.79 Å². The van der Waals surface area contributed by atoms with Crippen molar-refractivity contribution < 1.29 is 14.7 Å². The second kappa shape index (κ2) is 4.99. The minimum Gasteiger partial charge on any atom is -0.442 e. The van der Waals surface area contributed by atoms with E-state index in [0.29, 0.717) is 5.06 Å². The second-order valence-electron chi connectivity index (χ2n) is 4.52. The Hall–Kier alpha value is -1.55. The first kappa shape index (κ1) is 12.5. The van der Waals surface area contributed by atoms with Crippen LogP contribution in [-0.4, -0.2) is 22.0 Å². The number of hydrogen-bond donors (Lipinski definition) is 1. The van der Waals surface area contributed by atoms with Crippen LogP contribution in [0.5, 0.6) is 0 Å². The molecular formula is C12H17NO3. The molecule has 0 unspecified atom stereocenters. The lowest BCUT2D eigenvalue weighted by atomic mass is 10.2. The van der Waals surface area contributed by atoms with Gasteiger partial charge in [0.15, 0.2) is 0 Å². The number of amides is 1. The maximum atomic E-state index is 11.4. The average Bonchev–Trinajstić information content (AvgIpc) is 2.16. The van der Waals surface area contributed by atoms with Gasteiger partial charge >= 0.3 is 6.09 Å². The summed E-state index contributed by atoms with van der Waals surface area (Å²) < 4.78 is 5.01. The van der Waals surface area contributed by atoms with E-state index in [1.807, 2.05) is 30.3 Å². The number of rotatable bonds is 2. The summed E-state index contributed by atoms with van der Waals surface area (Å²) in [5.74, 6) is 0. The first-order chi connectivity index (χ1) is 7.38. The molecule has 88 valence electrons.